The Morgan fingerprint density at radius 1 is 0.427 bits per heavy atom. The Kier molecular flexibility index (Phi) is 35.4. The van der Waals surface area contributed by atoms with Gasteiger partial charge in [-0.1, -0.05) is 144 Å². The Morgan fingerprint density at radius 3 is 1.45 bits per heavy atom. The molecule has 5 aliphatic carbocycles. The van der Waals surface area contributed by atoms with E-state index < -0.39 is 317 Å². The van der Waals surface area contributed by atoms with Crippen LogP contribution >= 0.6 is 0 Å². The minimum Gasteiger partial charge on any atom is -0.479 e. The largest absolute Gasteiger partial charge is 0.479 e. The summed E-state index contributed by atoms with van der Waals surface area (Å²) in [6, 6.07) is 0. The van der Waals surface area contributed by atoms with Crippen LogP contribution < -0.4 is 0 Å². The monoisotopic (exact) mass is 1880 g/mol. The zero-order chi connectivity index (χ0) is 95.1. The number of carboxylic acids is 1. The molecule has 8 aliphatic heterocycles. The number of hydrogen-bond acceptors (Lipinski definition) is 39. The van der Waals surface area contributed by atoms with Crippen LogP contribution in [0.1, 0.15) is 216 Å². The number of aliphatic hydroxyl groups is 19. The van der Waals surface area contributed by atoms with Crippen LogP contribution in [-0.4, -0.2) is 393 Å². The number of carbonyl (C=O) groups excluding carboxylic acids is 2. The summed E-state index contributed by atoms with van der Waals surface area (Å²) < 4.78 is 106. The molecule has 0 amide bonds. The Morgan fingerprint density at radius 2 is 0.893 bits per heavy atom. The van der Waals surface area contributed by atoms with Gasteiger partial charge in [0.1, 0.15) is 159 Å². The van der Waals surface area contributed by atoms with Crippen molar-refractivity contribution in [3.63, 3.8) is 0 Å². The van der Waals surface area contributed by atoms with Crippen LogP contribution in [0.25, 0.3) is 0 Å². The number of esters is 1. The van der Waals surface area contributed by atoms with Gasteiger partial charge in [-0.25, -0.2) is 4.79 Å². The van der Waals surface area contributed by atoms with Crippen molar-refractivity contribution in [1.82, 2.24) is 0 Å². The summed E-state index contributed by atoms with van der Waals surface area (Å²) in [5, 5.41) is 222. The molecule has 0 spiro atoms. The zero-order valence-corrected chi connectivity index (χ0v) is 76.6. The first-order valence-electron chi connectivity index (χ1n) is 47.8. The molecule has 20 N–H and O–H groups in total. The summed E-state index contributed by atoms with van der Waals surface area (Å²) in [5.41, 5.74) is -3.74. The van der Waals surface area contributed by atoms with E-state index >= 15 is 4.79 Å². The molecule has 0 aromatic rings. The van der Waals surface area contributed by atoms with Crippen molar-refractivity contribution in [1.29, 1.82) is 0 Å². The molecule has 40 heteroatoms. The van der Waals surface area contributed by atoms with Crippen molar-refractivity contribution < 1.29 is 197 Å². The third kappa shape index (κ3) is 21.3. The highest BCUT2D eigenvalue weighted by Gasteiger charge is 2.72. The summed E-state index contributed by atoms with van der Waals surface area (Å²) in [7, 11) is 0. The van der Waals surface area contributed by atoms with Gasteiger partial charge in [0.25, 0.3) is 0 Å². The van der Waals surface area contributed by atoms with E-state index in [2.05, 4.69) is 47.6 Å². The number of aldehydes is 1. The Bertz CT molecular complexity index is 3680. The fraction of sp³-hybridized carbons (Fsp3) is 0.945. The average molecular weight is 1880 g/mol. The summed E-state index contributed by atoms with van der Waals surface area (Å²) in [6.07, 6.45) is -45.0. The summed E-state index contributed by atoms with van der Waals surface area (Å²) in [4.78, 5) is 44.0. The van der Waals surface area contributed by atoms with E-state index in [9.17, 15) is 112 Å². The van der Waals surface area contributed by atoms with Crippen LogP contribution in [0.3, 0.4) is 0 Å². The van der Waals surface area contributed by atoms with Gasteiger partial charge in [0.15, 0.2) is 56.2 Å². The molecule has 0 radical (unpaired) electrons. The van der Waals surface area contributed by atoms with Crippen molar-refractivity contribution in [2.75, 3.05) is 39.6 Å². The van der Waals surface area contributed by atoms with E-state index in [1.807, 2.05) is 0 Å². The maximum Gasteiger partial charge on any atom is 0.335 e. The number of carbonyl (C=O) groups is 3. The second-order valence-electron chi connectivity index (χ2n) is 41.3. The van der Waals surface area contributed by atoms with Crippen molar-refractivity contribution in [2.24, 2.45) is 50.2 Å². The summed E-state index contributed by atoms with van der Waals surface area (Å²) in [6.45, 7) is 14.8. The SMILES string of the molecule is CCCCCCCCCCCCCCCCO[C@@H]1[C@H](O)[C@@H](O[C@@H]2O[C@@H](C)[C@H](O[C@@H]3OC[C@@H](O)[C@H](O[C@@H]4OC[C@@H](O)[C@H](O)[C@H]4O)[C@H]3O)[C@@H](O[C@@H]3O[C@H](CO)[C@@H](O)[C@H](O)[C@H]3O)[C@H]2O)[C@H](OC(=O)[C@]23CCC(C)(C)CC2C2=CCC4[C@@]5(C)CC[C@H](O[C@@H]6O[C@H](C(=O)O)[C@@H](O)[C@H](O[C@@H]7OC[C@@H](O)[C@H](O)[C@H]7O)[C@H]6O[C@@H]6O[C@H](CO)[C@H](O)[C@H](O)[C@H]6O)[C@@](C)(C=O)C5CC[C@@]4(C)[C@]2(C)CC3)O[C@@H]1C. The van der Waals surface area contributed by atoms with E-state index in [0.717, 1.165) is 44.0 Å². The topological polar surface area (TPSA) is 613 Å². The molecule has 12 fully saturated rings. The molecule has 46 atom stereocenters. The lowest BCUT2D eigenvalue weighted by atomic mass is 9.33. The highest BCUT2D eigenvalue weighted by molar-refractivity contribution is 5.79. The molecular weight excluding hydrogens is 1730 g/mol. The highest BCUT2D eigenvalue weighted by Crippen LogP contribution is 2.76. The first-order valence-corrected chi connectivity index (χ1v) is 47.8. The van der Waals surface area contributed by atoms with E-state index in [1.54, 1.807) is 13.8 Å². The molecule has 3 unspecified atom stereocenters. The molecule has 0 bridgehead atoms. The van der Waals surface area contributed by atoms with Crippen molar-refractivity contribution in [3.8, 4) is 0 Å². The molecule has 13 aliphatic rings. The first kappa shape index (κ1) is 105. The van der Waals surface area contributed by atoms with Crippen LogP contribution in [0.2, 0.25) is 0 Å². The van der Waals surface area contributed by atoms with Gasteiger partial charge in [0.2, 0.25) is 6.29 Å². The fourth-order valence-electron chi connectivity index (χ4n) is 24.1. The fourth-order valence-corrected chi connectivity index (χ4v) is 24.1. The van der Waals surface area contributed by atoms with E-state index in [1.165, 1.54) is 58.3 Å². The van der Waals surface area contributed by atoms with E-state index in [4.69, 9.17) is 80.5 Å². The minimum atomic E-state index is -2.22. The van der Waals surface area contributed by atoms with Crippen LogP contribution in [0.5, 0.6) is 0 Å². The molecular formula is C91H150O40. The van der Waals surface area contributed by atoms with Gasteiger partial charge in [0, 0.05) is 6.61 Å². The van der Waals surface area contributed by atoms with Gasteiger partial charge in [-0.05, 0) is 124 Å². The third-order valence-corrected chi connectivity index (χ3v) is 32.3. The molecule has 8 saturated heterocycles. The summed E-state index contributed by atoms with van der Waals surface area (Å²) >= 11 is 0. The van der Waals surface area contributed by atoms with Crippen LogP contribution in [-0.2, 0) is 94.9 Å². The maximum absolute atomic E-state index is 16.4. The molecule has 40 nitrogen and oxygen atoms in total. The number of aliphatic hydroxyl groups excluding tert-OH is 19. The average Bonchev–Trinajstić information content (AvgIpc) is 0.672. The Hall–Kier alpha value is -3.05. The van der Waals surface area contributed by atoms with Crippen LogP contribution in [0.15, 0.2) is 11.6 Å². The normalized spacial score (nSPS) is 49.5. The lowest BCUT2D eigenvalue weighted by molar-refractivity contribution is -0.398. The van der Waals surface area contributed by atoms with Crippen molar-refractivity contribution in [3.05, 3.63) is 11.6 Å². The van der Waals surface area contributed by atoms with Crippen LogP contribution in [0, 0.1) is 50.2 Å². The lowest BCUT2D eigenvalue weighted by Crippen LogP contribution is -2.69. The third-order valence-electron chi connectivity index (χ3n) is 32.3. The number of allylic oxidation sites excluding steroid dienone is 2. The lowest BCUT2D eigenvalue weighted by Gasteiger charge is -2.71. The van der Waals surface area contributed by atoms with Gasteiger partial charge in [-0.3, -0.25) is 4.79 Å². The smallest absolute Gasteiger partial charge is 0.335 e. The molecule has 8 heterocycles. The number of carboxylic acid groups (broad SMARTS) is 1. The predicted molar refractivity (Wildman–Crippen MR) is 447 cm³/mol. The number of hydrogen-bond donors (Lipinski definition) is 20. The molecule has 4 saturated carbocycles. The molecule has 754 valence electrons. The van der Waals surface area contributed by atoms with E-state index in [-0.39, 0.29) is 24.4 Å². The van der Waals surface area contributed by atoms with Gasteiger partial charge < -0.3 is 187 Å². The van der Waals surface area contributed by atoms with Crippen molar-refractivity contribution in [2.45, 2.75) is 450 Å². The van der Waals surface area contributed by atoms with Gasteiger partial charge >= 0.3 is 11.9 Å². The van der Waals surface area contributed by atoms with Crippen molar-refractivity contribution >= 4 is 18.2 Å². The number of rotatable bonds is 36. The summed E-state index contributed by atoms with van der Waals surface area (Å²) in [5.74, 6) is -3.44. The first-order chi connectivity index (χ1) is 62.1. The highest BCUT2D eigenvalue weighted by atomic mass is 16.8. The second-order valence-corrected chi connectivity index (χ2v) is 41.3. The van der Waals surface area contributed by atoms with Gasteiger partial charge in [-0.2, -0.15) is 0 Å². The van der Waals surface area contributed by atoms with Gasteiger partial charge in [-0.15, -0.1) is 0 Å². The minimum absolute atomic E-state index is 0.127. The zero-order valence-electron chi connectivity index (χ0n) is 76.6. The van der Waals surface area contributed by atoms with Crippen LogP contribution in [0.4, 0.5) is 0 Å². The number of fused-ring (bicyclic) bond motifs is 7. The molecule has 0 aromatic heterocycles. The number of unbranched alkanes of at least 4 members (excludes halogenated alkanes) is 13. The predicted octanol–water partition coefficient (Wildman–Crippen LogP) is -0.989. The number of ether oxygens (including phenoxy) is 17. The Balaban J connectivity index is 0.764. The maximum atomic E-state index is 16.4. The van der Waals surface area contributed by atoms with Gasteiger partial charge in [0.05, 0.1) is 62.2 Å². The van der Waals surface area contributed by atoms with E-state index in [0.29, 0.717) is 64.2 Å². The Labute approximate surface area is 763 Å². The number of aliphatic carboxylic acids is 1. The quantitative estimate of drug-likeness (QED) is 0.0118. The molecule has 0 aromatic carbocycles. The standard InChI is InChI=1S/C91H150O40/c1-10-11-12-13-14-15-16-17-18-19-20-21-22-23-34-115-68-42(2)120-83(74(64(68)108)129-82-67(111)72(127-80-62(106)58(102)56(100)49(36-92)121-80)69(43(3)119-82)124-79-66(110)70(48(97)40-118-79)125-77-60(104)54(98)46(95)38-116-77)131-85(114)91-32-30-86(4,5)35-45(91)44-24-25-52-87(6)28-27-53(88(7,41-94)51(87)26-29-90(52,9)89(44,8)31-33-91)123-84-75(130-81-63(107)59(103)57(101)50(37-93)122-81)71(65(109)73(128-84)76(112)113)126-78-61(105)55(99)47(96)39-117-78/h24,41-43,45-75,77-84,92-93,95-111H,10-23,25-40H2,1-9H3,(H,112,113)/t42-,43+,45?,46-,47-,48-,49-,50-,51?,52?,53+,54+,55+,56-,57+,58+,59+,60-,61-,62-,63-,64+,65+,66-,67-,68+,69+,70+,71+,72+,73+,74-,75-,77+,78+,79+,80+,81+,82+,83+,84-,87+,88+,89-,90-,91+/m1/s1. The second kappa shape index (κ2) is 44.0. The molecule has 131 heavy (non-hydrogen) atoms. The molecule has 13 rings (SSSR count).